The van der Waals surface area contributed by atoms with Gasteiger partial charge in [-0.3, -0.25) is 9.59 Å². The van der Waals surface area contributed by atoms with Crippen molar-refractivity contribution in [2.45, 2.75) is 90.8 Å². The van der Waals surface area contributed by atoms with Gasteiger partial charge in [-0.15, -0.1) is 0 Å². The minimum Gasteiger partial charge on any atom is -0.465 e. The van der Waals surface area contributed by atoms with Gasteiger partial charge in [-0.25, -0.2) is 0 Å². The van der Waals surface area contributed by atoms with E-state index in [1.165, 1.54) is 0 Å². The molecule has 0 aliphatic heterocycles. The number of aliphatic hydroxyl groups is 1. The molecule has 0 bridgehead atoms. The summed E-state index contributed by atoms with van der Waals surface area (Å²) < 4.78 is 5.71. The first kappa shape index (κ1) is 24.4. The van der Waals surface area contributed by atoms with E-state index in [9.17, 15) is 14.7 Å². The second-order valence-corrected chi connectivity index (χ2v) is 10.5. The molecule has 1 fully saturated rings. The number of carbonyl (C=O) groups excluding carboxylic acids is 2. The Morgan fingerprint density at radius 3 is 2.37 bits per heavy atom. The van der Waals surface area contributed by atoms with Crippen molar-refractivity contribution in [1.29, 1.82) is 0 Å². The predicted molar refractivity (Wildman–Crippen MR) is 118 cm³/mol. The lowest BCUT2D eigenvalue weighted by atomic mass is 9.81. The largest absolute Gasteiger partial charge is 0.465 e. The van der Waals surface area contributed by atoms with Crippen molar-refractivity contribution in [3.63, 3.8) is 0 Å². The van der Waals surface area contributed by atoms with Gasteiger partial charge in [0.15, 0.2) is 0 Å². The highest BCUT2D eigenvalue weighted by Gasteiger charge is 2.32. The van der Waals surface area contributed by atoms with Crippen LogP contribution in [0.25, 0.3) is 0 Å². The van der Waals surface area contributed by atoms with Gasteiger partial charge in [0.1, 0.15) is 11.5 Å². The third-order valence-electron chi connectivity index (χ3n) is 5.51. The van der Waals surface area contributed by atoms with Crippen LogP contribution in [0.15, 0.2) is 10.5 Å². The van der Waals surface area contributed by atoms with E-state index >= 15 is 0 Å². The molecule has 0 aromatic carbocycles. The van der Waals surface area contributed by atoms with Crippen molar-refractivity contribution >= 4 is 11.8 Å². The van der Waals surface area contributed by atoms with E-state index in [1.807, 2.05) is 20.8 Å². The van der Waals surface area contributed by atoms with Gasteiger partial charge in [0.05, 0.1) is 12.1 Å². The molecular weight excluding hydrogens is 382 g/mol. The van der Waals surface area contributed by atoms with Crippen LogP contribution in [0.4, 0.5) is 0 Å². The predicted octanol–water partition coefficient (Wildman–Crippen LogP) is 2.65. The second-order valence-electron chi connectivity index (χ2n) is 10.5. The molecular formula is C23H39N3O4. The number of rotatable bonds is 6. The molecule has 30 heavy (non-hydrogen) atoms. The van der Waals surface area contributed by atoms with Crippen LogP contribution in [0.5, 0.6) is 0 Å². The fraction of sp³-hybridized carbons (Fsp3) is 0.739. The maximum Gasteiger partial charge on any atom is 0.255 e. The zero-order valence-electron chi connectivity index (χ0n) is 19.5. The van der Waals surface area contributed by atoms with Crippen LogP contribution in [-0.2, 0) is 10.2 Å². The number of carbonyl (C=O) groups is 2. The van der Waals surface area contributed by atoms with E-state index in [2.05, 4.69) is 36.7 Å². The standard InChI is InChI=1S/C23H39N3O4/c1-14-17(11-19(30-14)22(2,3)4)21(29)24-12-20(28)25-18-9-8-16(10-15(18)13-27)26-23(5,6)7/h11,15-16,18,26-27H,8-10,12-13H2,1-7H3,(H,24,29)(H,25,28)/t15-,16+,18-/m0/s1. The van der Waals surface area contributed by atoms with Crippen LogP contribution in [0.3, 0.4) is 0 Å². The second kappa shape index (κ2) is 9.52. The molecule has 1 saturated carbocycles. The summed E-state index contributed by atoms with van der Waals surface area (Å²) in [4.78, 5) is 24.9. The summed E-state index contributed by atoms with van der Waals surface area (Å²) in [5.74, 6) is 0.720. The number of furan rings is 1. The average Bonchev–Trinajstić information content (AvgIpc) is 3.02. The zero-order valence-corrected chi connectivity index (χ0v) is 19.5. The van der Waals surface area contributed by atoms with Crippen LogP contribution in [0, 0.1) is 12.8 Å². The quantitative estimate of drug-likeness (QED) is 0.565. The minimum atomic E-state index is -0.321. The Hall–Kier alpha value is -1.86. The summed E-state index contributed by atoms with van der Waals surface area (Å²) in [6, 6.07) is 1.99. The third kappa shape index (κ3) is 6.84. The number of aryl methyl sites for hydroxylation is 1. The van der Waals surface area contributed by atoms with Gasteiger partial charge in [-0.1, -0.05) is 20.8 Å². The monoisotopic (exact) mass is 421 g/mol. The zero-order chi connectivity index (χ0) is 22.7. The van der Waals surface area contributed by atoms with Crippen molar-refractivity contribution in [3.8, 4) is 0 Å². The van der Waals surface area contributed by atoms with Crippen molar-refractivity contribution in [2.75, 3.05) is 13.2 Å². The lowest BCUT2D eigenvalue weighted by Gasteiger charge is -2.39. The van der Waals surface area contributed by atoms with Gasteiger partial charge in [0.25, 0.3) is 5.91 Å². The number of aliphatic hydroxyl groups excluding tert-OH is 1. The molecule has 1 aliphatic carbocycles. The first-order chi connectivity index (χ1) is 13.8. The van der Waals surface area contributed by atoms with Crippen LogP contribution >= 0.6 is 0 Å². The van der Waals surface area contributed by atoms with Gasteiger partial charge in [0.2, 0.25) is 5.91 Å². The topological polar surface area (TPSA) is 104 Å². The van der Waals surface area contributed by atoms with Crippen molar-refractivity contribution < 1.29 is 19.1 Å². The Morgan fingerprint density at radius 2 is 1.83 bits per heavy atom. The highest BCUT2D eigenvalue weighted by molar-refractivity contribution is 5.97. The fourth-order valence-corrected chi connectivity index (χ4v) is 3.99. The van der Waals surface area contributed by atoms with Crippen LogP contribution in [0.2, 0.25) is 0 Å². The van der Waals surface area contributed by atoms with Gasteiger partial charge < -0.3 is 25.5 Å². The Balaban J connectivity index is 1.87. The molecule has 0 radical (unpaired) electrons. The van der Waals surface area contributed by atoms with Crippen LogP contribution in [-0.4, -0.2) is 47.7 Å². The van der Waals surface area contributed by atoms with Gasteiger partial charge in [-0.05, 0) is 53.0 Å². The van der Waals surface area contributed by atoms with E-state index in [-0.39, 0.29) is 47.9 Å². The van der Waals surface area contributed by atoms with Crippen LogP contribution < -0.4 is 16.0 Å². The summed E-state index contributed by atoms with van der Waals surface area (Å²) in [6.07, 6.45) is 2.55. The highest BCUT2D eigenvalue weighted by Crippen LogP contribution is 2.27. The SMILES string of the molecule is Cc1oc(C(C)(C)C)cc1C(=O)NCC(=O)N[C@H]1CC[C@@H](NC(C)(C)C)C[C@H]1CO. The minimum absolute atomic E-state index is 0.00344. The summed E-state index contributed by atoms with van der Waals surface area (Å²) in [6.45, 7) is 14.1. The van der Waals surface area contributed by atoms with Crippen molar-refractivity contribution in [1.82, 2.24) is 16.0 Å². The van der Waals surface area contributed by atoms with Gasteiger partial charge in [0, 0.05) is 35.6 Å². The molecule has 1 aromatic heterocycles. The van der Waals surface area contributed by atoms with E-state index < -0.39 is 0 Å². The van der Waals surface area contributed by atoms with E-state index in [0.29, 0.717) is 17.4 Å². The molecule has 1 aliphatic rings. The molecule has 2 amide bonds. The van der Waals surface area contributed by atoms with Gasteiger partial charge >= 0.3 is 0 Å². The smallest absolute Gasteiger partial charge is 0.255 e. The Bertz CT molecular complexity index is 743. The Labute approximate surface area is 180 Å². The fourth-order valence-electron chi connectivity index (χ4n) is 3.99. The number of hydrogen-bond donors (Lipinski definition) is 4. The van der Waals surface area contributed by atoms with Gasteiger partial charge in [-0.2, -0.15) is 0 Å². The first-order valence-corrected chi connectivity index (χ1v) is 10.9. The lowest BCUT2D eigenvalue weighted by Crippen LogP contribution is -2.53. The highest BCUT2D eigenvalue weighted by atomic mass is 16.3. The molecule has 2 rings (SSSR count). The summed E-state index contributed by atoms with van der Waals surface area (Å²) in [5, 5.41) is 19.0. The normalized spacial score (nSPS) is 22.6. The molecule has 0 unspecified atom stereocenters. The van der Waals surface area contributed by atoms with Crippen molar-refractivity contribution in [3.05, 3.63) is 23.2 Å². The van der Waals surface area contributed by atoms with E-state index in [1.54, 1.807) is 13.0 Å². The molecule has 170 valence electrons. The Kier molecular flexibility index (Phi) is 7.74. The molecule has 4 N–H and O–H groups in total. The summed E-state index contributed by atoms with van der Waals surface area (Å²) in [7, 11) is 0. The molecule has 1 heterocycles. The van der Waals surface area contributed by atoms with E-state index in [0.717, 1.165) is 25.0 Å². The maximum absolute atomic E-state index is 12.5. The Morgan fingerprint density at radius 1 is 1.17 bits per heavy atom. The van der Waals surface area contributed by atoms with Crippen LogP contribution in [0.1, 0.15) is 82.7 Å². The molecule has 0 spiro atoms. The maximum atomic E-state index is 12.5. The number of nitrogens with one attached hydrogen (secondary N) is 3. The molecule has 3 atom stereocenters. The van der Waals surface area contributed by atoms with Crippen molar-refractivity contribution in [2.24, 2.45) is 5.92 Å². The average molecular weight is 422 g/mol. The summed E-state index contributed by atoms with van der Waals surface area (Å²) in [5.41, 5.74) is 0.277. The lowest BCUT2D eigenvalue weighted by molar-refractivity contribution is -0.121. The van der Waals surface area contributed by atoms with E-state index in [4.69, 9.17) is 4.42 Å². The molecule has 1 aromatic rings. The number of hydrogen-bond acceptors (Lipinski definition) is 5. The molecule has 7 nitrogen and oxygen atoms in total. The third-order valence-corrected chi connectivity index (χ3v) is 5.51. The summed E-state index contributed by atoms with van der Waals surface area (Å²) >= 11 is 0. The molecule has 0 saturated heterocycles. The molecule has 7 heteroatoms. The number of amides is 2. The first-order valence-electron chi connectivity index (χ1n) is 10.9.